The van der Waals surface area contributed by atoms with Gasteiger partial charge in [-0.1, -0.05) is 41.7 Å². The lowest BCUT2D eigenvalue weighted by molar-refractivity contribution is -0.119. The summed E-state index contributed by atoms with van der Waals surface area (Å²) in [6.45, 7) is 0. The van der Waals surface area contributed by atoms with Gasteiger partial charge in [0.15, 0.2) is 5.13 Å². The molecule has 0 saturated heterocycles. The van der Waals surface area contributed by atoms with E-state index in [1.807, 2.05) is 60.7 Å². The fourth-order valence-electron chi connectivity index (χ4n) is 4.44. The van der Waals surface area contributed by atoms with Crippen LogP contribution in [0.2, 0.25) is 0 Å². The number of hydrogen-bond donors (Lipinski definition) is 1. The first-order valence-corrected chi connectivity index (χ1v) is 11.6. The highest BCUT2D eigenvalue weighted by molar-refractivity contribution is 7.22. The molecule has 0 saturated carbocycles. The van der Waals surface area contributed by atoms with E-state index in [2.05, 4.69) is 10.3 Å². The molecule has 7 nitrogen and oxygen atoms in total. The third kappa shape index (κ3) is 3.76. The maximum absolute atomic E-state index is 13.8. The van der Waals surface area contributed by atoms with E-state index in [0.717, 1.165) is 21.5 Å². The van der Waals surface area contributed by atoms with Gasteiger partial charge in [0.05, 0.1) is 36.4 Å². The summed E-state index contributed by atoms with van der Waals surface area (Å²) in [4.78, 5) is 33.1. The van der Waals surface area contributed by atoms with Crippen LogP contribution in [0.3, 0.4) is 0 Å². The van der Waals surface area contributed by atoms with Crippen LogP contribution in [-0.2, 0) is 4.79 Å². The zero-order chi connectivity index (χ0) is 23.8. The molecule has 0 aliphatic carbocycles. The van der Waals surface area contributed by atoms with Crippen molar-refractivity contribution in [1.82, 2.24) is 9.88 Å². The van der Waals surface area contributed by atoms with Crippen molar-refractivity contribution >= 4 is 38.5 Å². The topological polar surface area (TPSA) is 80.8 Å². The van der Waals surface area contributed by atoms with Crippen LogP contribution in [0.25, 0.3) is 10.2 Å². The maximum Gasteiger partial charge on any atom is 0.254 e. The number of thiazole rings is 1. The minimum absolute atomic E-state index is 0.118. The van der Waals surface area contributed by atoms with Gasteiger partial charge in [0.1, 0.15) is 11.5 Å². The van der Waals surface area contributed by atoms with Gasteiger partial charge in [0.2, 0.25) is 5.91 Å². The molecule has 8 heteroatoms. The molecule has 34 heavy (non-hydrogen) atoms. The van der Waals surface area contributed by atoms with Crippen LogP contribution in [0.5, 0.6) is 11.5 Å². The molecule has 172 valence electrons. The van der Waals surface area contributed by atoms with E-state index in [1.54, 1.807) is 32.2 Å². The second-order valence-electron chi connectivity index (χ2n) is 8.04. The number of rotatable bonds is 5. The van der Waals surface area contributed by atoms with Crippen molar-refractivity contribution in [2.45, 2.75) is 12.0 Å². The predicted molar refractivity (Wildman–Crippen MR) is 132 cm³/mol. The van der Waals surface area contributed by atoms with Crippen molar-refractivity contribution in [3.8, 4) is 11.5 Å². The molecule has 0 radical (unpaired) electrons. The Kier molecular flexibility index (Phi) is 5.67. The second-order valence-corrected chi connectivity index (χ2v) is 9.07. The maximum atomic E-state index is 13.8. The largest absolute Gasteiger partial charge is 0.497 e. The van der Waals surface area contributed by atoms with Crippen LogP contribution in [0.1, 0.15) is 33.4 Å². The number of nitrogens with zero attached hydrogens (tertiary/aromatic N) is 2. The molecular formula is C26H23N3O4S. The lowest BCUT2D eigenvalue weighted by Gasteiger charge is -2.39. The monoisotopic (exact) mass is 473 g/mol. The third-order valence-electron chi connectivity index (χ3n) is 6.15. The zero-order valence-corrected chi connectivity index (χ0v) is 19.8. The van der Waals surface area contributed by atoms with Crippen LogP contribution in [-0.4, -0.2) is 43.0 Å². The lowest BCUT2D eigenvalue weighted by Crippen LogP contribution is -2.44. The average molecular weight is 474 g/mol. The molecule has 2 atom stereocenters. The number of nitrogens with one attached hydrogen (secondary N) is 1. The number of benzene rings is 3. The summed E-state index contributed by atoms with van der Waals surface area (Å²) < 4.78 is 11.5. The van der Waals surface area contributed by atoms with E-state index >= 15 is 0 Å². The Morgan fingerprint density at radius 1 is 1.00 bits per heavy atom. The second kappa shape index (κ2) is 8.79. The van der Waals surface area contributed by atoms with Gasteiger partial charge < -0.3 is 19.7 Å². The van der Waals surface area contributed by atoms with Gasteiger partial charge >= 0.3 is 0 Å². The quantitative estimate of drug-likeness (QED) is 0.448. The molecule has 2 heterocycles. The SMILES string of the molecule is COc1ccc([C@@H]2[C@H](C(=O)Nc3nc4ccc(OC)cc4s3)c3ccccc3C(=O)N2C)cc1. The van der Waals surface area contributed by atoms with E-state index in [4.69, 9.17) is 9.47 Å². The molecule has 0 unspecified atom stereocenters. The van der Waals surface area contributed by atoms with Crippen molar-refractivity contribution in [3.63, 3.8) is 0 Å². The van der Waals surface area contributed by atoms with Crippen molar-refractivity contribution < 1.29 is 19.1 Å². The molecule has 1 N–H and O–H groups in total. The summed E-state index contributed by atoms with van der Waals surface area (Å²) >= 11 is 1.38. The van der Waals surface area contributed by atoms with Crippen LogP contribution in [0.4, 0.5) is 5.13 Å². The van der Waals surface area contributed by atoms with Gasteiger partial charge in [0, 0.05) is 12.6 Å². The number of hydrogen-bond acceptors (Lipinski definition) is 6. The molecule has 0 fully saturated rings. The van der Waals surface area contributed by atoms with Gasteiger partial charge in [-0.3, -0.25) is 9.59 Å². The molecule has 0 bridgehead atoms. The highest BCUT2D eigenvalue weighted by atomic mass is 32.1. The fourth-order valence-corrected chi connectivity index (χ4v) is 5.34. The van der Waals surface area contributed by atoms with Crippen molar-refractivity contribution in [3.05, 3.63) is 83.4 Å². The van der Waals surface area contributed by atoms with Gasteiger partial charge in [-0.15, -0.1) is 0 Å². The van der Waals surface area contributed by atoms with Gasteiger partial charge in [-0.05, 0) is 47.5 Å². The van der Waals surface area contributed by atoms with Crippen LogP contribution in [0, 0.1) is 0 Å². The Hall–Kier alpha value is -3.91. The fraction of sp³-hybridized carbons (Fsp3) is 0.192. The molecule has 5 rings (SSSR count). The summed E-state index contributed by atoms with van der Waals surface area (Å²) in [7, 11) is 4.95. The Morgan fingerprint density at radius 2 is 1.71 bits per heavy atom. The summed E-state index contributed by atoms with van der Waals surface area (Å²) in [6.07, 6.45) is 0. The molecule has 1 aromatic heterocycles. The first-order chi connectivity index (χ1) is 16.5. The Morgan fingerprint density at radius 3 is 2.44 bits per heavy atom. The normalized spacial score (nSPS) is 17.4. The first-order valence-electron chi connectivity index (χ1n) is 10.8. The Labute approximate surface area is 200 Å². The van der Waals surface area contributed by atoms with E-state index in [-0.39, 0.29) is 11.8 Å². The number of anilines is 1. The number of carbonyl (C=O) groups excluding carboxylic acids is 2. The zero-order valence-electron chi connectivity index (χ0n) is 18.9. The van der Waals surface area contributed by atoms with Gasteiger partial charge in [-0.25, -0.2) is 4.98 Å². The standard InChI is InChI=1S/C26H23N3O4S/c1-29-23(15-8-10-16(32-2)11-9-15)22(18-6-4-5-7-19(18)25(29)31)24(30)28-26-27-20-13-12-17(33-3)14-21(20)34-26/h4-14,22-23H,1-3H3,(H,27,28,30)/t22-,23-/m1/s1. The number of aromatic nitrogens is 1. The predicted octanol–water partition coefficient (Wildman–Crippen LogP) is 4.86. The minimum Gasteiger partial charge on any atom is -0.497 e. The molecule has 0 spiro atoms. The number of carbonyl (C=O) groups is 2. The van der Waals surface area contributed by atoms with Crippen molar-refractivity contribution in [1.29, 1.82) is 0 Å². The number of fused-ring (bicyclic) bond motifs is 2. The third-order valence-corrected chi connectivity index (χ3v) is 7.08. The first kappa shape index (κ1) is 21.9. The van der Waals surface area contributed by atoms with Crippen LogP contribution in [0.15, 0.2) is 66.7 Å². The minimum atomic E-state index is -0.617. The summed E-state index contributed by atoms with van der Waals surface area (Å²) in [5.74, 6) is 0.481. The van der Waals surface area contributed by atoms with Crippen molar-refractivity contribution in [2.75, 3.05) is 26.6 Å². The molecule has 1 aliphatic heterocycles. The van der Waals surface area contributed by atoms with Crippen LogP contribution < -0.4 is 14.8 Å². The smallest absolute Gasteiger partial charge is 0.254 e. The molecule has 4 aromatic rings. The molecule has 1 aliphatic rings. The van der Waals surface area contributed by atoms with Gasteiger partial charge in [-0.2, -0.15) is 0 Å². The van der Waals surface area contributed by atoms with E-state index in [0.29, 0.717) is 22.0 Å². The summed E-state index contributed by atoms with van der Waals surface area (Å²) in [6, 6.07) is 19.9. The van der Waals surface area contributed by atoms with Gasteiger partial charge in [0.25, 0.3) is 5.91 Å². The van der Waals surface area contributed by atoms with E-state index in [1.165, 1.54) is 11.3 Å². The number of methoxy groups -OCH3 is 2. The number of ether oxygens (including phenoxy) is 2. The molecular weight excluding hydrogens is 450 g/mol. The molecule has 2 amide bonds. The van der Waals surface area contributed by atoms with Crippen molar-refractivity contribution in [2.24, 2.45) is 0 Å². The average Bonchev–Trinajstić information content (AvgIpc) is 3.27. The number of likely N-dealkylation sites (N-methyl/N-ethyl adjacent to an activating group) is 1. The van der Waals surface area contributed by atoms with E-state index < -0.39 is 12.0 Å². The highest BCUT2D eigenvalue weighted by Gasteiger charge is 2.42. The summed E-state index contributed by atoms with van der Waals surface area (Å²) in [5, 5.41) is 3.50. The number of amides is 2. The van der Waals surface area contributed by atoms with E-state index in [9.17, 15) is 9.59 Å². The lowest BCUT2D eigenvalue weighted by atomic mass is 9.79. The Balaban J connectivity index is 1.55. The Bertz CT molecular complexity index is 1380. The highest BCUT2D eigenvalue weighted by Crippen LogP contribution is 2.43. The molecule has 3 aromatic carbocycles. The van der Waals surface area contributed by atoms with Crippen LogP contribution >= 0.6 is 11.3 Å². The summed E-state index contributed by atoms with van der Waals surface area (Å²) in [5.41, 5.74) is 2.86.